The van der Waals surface area contributed by atoms with Gasteiger partial charge in [-0.05, 0) is 99.7 Å². The van der Waals surface area contributed by atoms with E-state index in [1.807, 2.05) is 0 Å². The third-order valence-corrected chi connectivity index (χ3v) is 7.80. The Bertz CT molecular complexity index is 1210. The first kappa shape index (κ1) is 30.4. The SMILES string of the molecule is CCN(CC)c1ccc(C(c2ccc(N(CC)CC)cc2C)c2ccccc2S(=O)(=O)[O-])c(C)c1.[Na+]. The van der Waals surface area contributed by atoms with Crippen LogP contribution in [0.25, 0.3) is 0 Å². The number of hydrogen-bond acceptors (Lipinski definition) is 5. The molecule has 7 heteroatoms. The van der Waals surface area contributed by atoms with Gasteiger partial charge in [0.2, 0.25) is 0 Å². The molecule has 0 aliphatic rings. The molecule has 0 bridgehead atoms. The first-order valence-corrected chi connectivity index (χ1v) is 13.8. The van der Waals surface area contributed by atoms with Crippen molar-refractivity contribution in [3.63, 3.8) is 0 Å². The zero-order valence-corrected chi connectivity index (χ0v) is 25.5. The molecule has 3 rings (SSSR count). The quantitative estimate of drug-likeness (QED) is 0.235. The van der Waals surface area contributed by atoms with Crippen LogP contribution in [0.15, 0.2) is 65.6 Å². The summed E-state index contributed by atoms with van der Waals surface area (Å²) >= 11 is 0. The molecular formula is C29H37N2NaO3S. The predicted molar refractivity (Wildman–Crippen MR) is 145 cm³/mol. The minimum Gasteiger partial charge on any atom is -0.744 e. The van der Waals surface area contributed by atoms with Crippen molar-refractivity contribution < 1.29 is 42.5 Å². The van der Waals surface area contributed by atoms with E-state index in [-0.39, 0.29) is 40.4 Å². The van der Waals surface area contributed by atoms with Gasteiger partial charge in [-0.15, -0.1) is 0 Å². The van der Waals surface area contributed by atoms with E-state index in [0.717, 1.165) is 59.8 Å². The van der Waals surface area contributed by atoms with E-state index in [1.165, 1.54) is 6.07 Å². The van der Waals surface area contributed by atoms with Crippen molar-refractivity contribution >= 4 is 21.5 Å². The maximum Gasteiger partial charge on any atom is 1.00 e. The molecule has 0 fully saturated rings. The van der Waals surface area contributed by atoms with Crippen molar-refractivity contribution in [2.45, 2.75) is 52.4 Å². The zero-order valence-electron chi connectivity index (χ0n) is 22.7. The van der Waals surface area contributed by atoms with Crippen LogP contribution < -0.4 is 39.4 Å². The molecule has 0 heterocycles. The van der Waals surface area contributed by atoms with Crippen molar-refractivity contribution in [2.24, 2.45) is 0 Å². The molecule has 0 unspecified atom stereocenters. The molecule has 0 aromatic heterocycles. The molecule has 5 nitrogen and oxygen atoms in total. The fourth-order valence-corrected chi connectivity index (χ4v) is 5.71. The fraction of sp³-hybridized carbons (Fsp3) is 0.379. The predicted octanol–water partition coefficient (Wildman–Crippen LogP) is 3.08. The molecule has 0 radical (unpaired) electrons. The fourth-order valence-electron chi connectivity index (χ4n) is 4.99. The van der Waals surface area contributed by atoms with Crippen LogP contribution in [0.1, 0.15) is 61.4 Å². The van der Waals surface area contributed by atoms with Crippen LogP contribution in [0.4, 0.5) is 11.4 Å². The van der Waals surface area contributed by atoms with Gasteiger partial charge in [0.05, 0.1) is 4.90 Å². The van der Waals surface area contributed by atoms with Crippen LogP contribution in [0, 0.1) is 13.8 Å². The van der Waals surface area contributed by atoms with Crippen LogP contribution in [0.2, 0.25) is 0 Å². The van der Waals surface area contributed by atoms with Gasteiger partial charge in [-0.3, -0.25) is 0 Å². The summed E-state index contributed by atoms with van der Waals surface area (Å²) in [6.07, 6.45) is 0. The third-order valence-electron chi connectivity index (χ3n) is 6.89. The van der Waals surface area contributed by atoms with Crippen LogP contribution in [-0.2, 0) is 10.1 Å². The number of benzene rings is 3. The summed E-state index contributed by atoms with van der Waals surface area (Å²) < 4.78 is 36.8. The van der Waals surface area contributed by atoms with Gasteiger partial charge >= 0.3 is 29.6 Å². The van der Waals surface area contributed by atoms with Crippen molar-refractivity contribution in [1.82, 2.24) is 0 Å². The largest absolute Gasteiger partial charge is 1.00 e. The van der Waals surface area contributed by atoms with Crippen molar-refractivity contribution in [1.29, 1.82) is 0 Å². The number of hydrogen-bond donors (Lipinski definition) is 0. The summed E-state index contributed by atoms with van der Waals surface area (Å²) in [6, 6.07) is 19.3. The molecular weight excluding hydrogens is 479 g/mol. The Morgan fingerprint density at radius 1 is 0.694 bits per heavy atom. The summed E-state index contributed by atoms with van der Waals surface area (Å²) in [6.45, 7) is 16.3. The normalized spacial score (nSPS) is 11.3. The molecule has 0 N–H and O–H groups in total. The zero-order chi connectivity index (χ0) is 25.8. The van der Waals surface area contributed by atoms with E-state index < -0.39 is 10.1 Å². The van der Waals surface area contributed by atoms with Gasteiger partial charge in [0, 0.05) is 43.5 Å². The maximum atomic E-state index is 12.3. The molecule has 0 spiro atoms. The third kappa shape index (κ3) is 6.53. The Hall–Kier alpha value is -1.83. The minimum atomic E-state index is -4.65. The Balaban J connectivity index is 0.00000456. The maximum absolute atomic E-state index is 12.3. The average molecular weight is 517 g/mol. The van der Waals surface area contributed by atoms with Crippen molar-refractivity contribution in [2.75, 3.05) is 36.0 Å². The second kappa shape index (κ2) is 13.1. The summed E-state index contributed by atoms with van der Waals surface area (Å²) in [7, 11) is -4.65. The van der Waals surface area contributed by atoms with Gasteiger partial charge in [0.1, 0.15) is 10.1 Å². The molecule has 188 valence electrons. The number of aryl methyl sites for hydroxylation is 2. The van der Waals surface area contributed by atoms with Crippen LogP contribution in [0.3, 0.4) is 0 Å². The van der Waals surface area contributed by atoms with Crippen LogP contribution in [-0.4, -0.2) is 39.1 Å². The number of rotatable bonds is 10. The van der Waals surface area contributed by atoms with E-state index in [1.54, 1.807) is 18.2 Å². The van der Waals surface area contributed by atoms with Crippen LogP contribution >= 0.6 is 0 Å². The van der Waals surface area contributed by atoms with E-state index in [4.69, 9.17) is 0 Å². The Morgan fingerprint density at radius 3 is 1.47 bits per heavy atom. The second-order valence-corrected chi connectivity index (χ2v) is 10.2. The van der Waals surface area contributed by atoms with Gasteiger partial charge in [-0.25, -0.2) is 8.42 Å². The van der Waals surface area contributed by atoms with Gasteiger partial charge in [0.25, 0.3) is 0 Å². The van der Waals surface area contributed by atoms with E-state index in [2.05, 4.69) is 87.7 Å². The van der Waals surface area contributed by atoms with E-state index >= 15 is 0 Å². The molecule has 0 aliphatic heterocycles. The molecule has 3 aromatic carbocycles. The number of anilines is 2. The first-order chi connectivity index (χ1) is 16.7. The molecule has 0 atom stereocenters. The topological polar surface area (TPSA) is 63.7 Å². The number of nitrogens with zero attached hydrogens (tertiary/aromatic N) is 2. The van der Waals surface area contributed by atoms with Gasteiger partial charge in [-0.2, -0.15) is 0 Å². The van der Waals surface area contributed by atoms with Gasteiger partial charge in [-0.1, -0.05) is 30.3 Å². The summed E-state index contributed by atoms with van der Waals surface area (Å²) in [4.78, 5) is 4.40. The Kier molecular flexibility index (Phi) is 11.1. The van der Waals surface area contributed by atoms with Gasteiger partial charge in [0.15, 0.2) is 0 Å². The summed E-state index contributed by atoms with van der Waals surface area (Å²) in [5, 5.41) is 0. The van der Waals surface area contributed by atoms with Crippen molar-refractivity contribution in [3.8, 4) is 0 Å². The monoisotopic (exact) mass is 516 g/mol. The van der Waals surface area contributed by atoms with Crippen LogP contribution in [0.5, 0.6) is 0 Å². The molecule has 3 aromatic rings. The molecule has 36 heavy (non-hydrogen) atoms. The molecule has 0 saturated carbocycles. The van der Waals surface area contributed by atoms with Crippen molar-refractivity contribution in [3.05, 3.63) is 88.5 Å². The minimum absolute atomic E-state index is 0. The second-order valence-electron chi connectivity index (χ2n) is 8.85. The molecule has 0 amide bonds. The Morgan fingerprint density at radius 2 is 1.11 bits per heavy atom. The average Bonchev–Trinajstić information content (AvgIpc) is 2.83. The Labute approximate surface area is 239 Å². The standard InChI is InChI=1S/C29H38N2O3S.Na/c1-7-30(8-2)23-15-17-25(21(5)19-23)29(27-13-11-12-14-28(27)35(32,33)34)26-18-16-24(20-22(26)6)31(9-3)10-4;/h11-20,29H,7-10H2,1-6H3,(H,32,33,34);/q;+1/p-1. The smallest absolute Gasteiger partial charge is 0.744 e. The van der Waals surface area contributed by atoms with E-state index in [0.29, 0.717) is 5.56 Å². The summed E-state index contributed by atoms with van der Waals surface area (Å²) in [5.74, 6) is -0.383. The van der Waals surface area contributed by atoms with Gasteiger partial charge < -0.3 is 14.4 Å². The molecule has 0 saturated heterocycles. The van der Waals surface area contributed by atoms with E-state index in [9.17, 15) is 13.0 Å². The summed E-state index contributed by atoms with van der Waals surface area (Å²) in [5.41, 5.74) is 6.89. The first-order valence-electron chi connectivity index (χ1n) is 12.4. The molecule has 0 aliphatic carbocycles.